The number of hydrazine groups is 1. The topological polar surface area (TPSA) is 165 Å². The quantitative estimate of drug-likeness (QED) is 0.414. The molecule has 2 aromatic rings. The fraction of sp³-hybridized carbons (Fsp3) is 0.0769. The fourth-order valence-corrected chi connectivity index (χ4v) is 2.14. The molecule has 0 radical (unpaired) electrons. The highest BCUT2D eigenvalue weighted by Crippen LogP contribution is 2.25. The Hall–Kier alpha value is -3.18. The molecule has 5 N–H and O–H groups in total. The second kappa shape index (κ2) is 8.27. The number of nitrogens with one attached hydrogen (secondary N) is 3. The van der Waals surface area contributed by atoms with Gasteiger partial charge in [-0.2, -0.15) is 0 Å². The highest BCUT2D eigenvalue weighted by molar-refractivity contribution is 6.35. The number of hydrogen-bond donors (Lipinski definition) is 4. The number of rotatable bonds is 6. The molecule has 11 nitrogen and oxygen atoms in total. The number of hydrogen-bond acceptors (Lipinski definition) is 8. The summed E-state index contributed by atoms with van der Waals surface area (Å²) >= 11 is 11.7. The fourth-order valence-electron chi connectivity index (χ4n) is 1.76. The van der Waals surface area contributed by atoms with Crippen LogP contribution in [-0.4, -0.2) is 33.3 Å². The summed E-state index contributed by atoms with van der Waals surface area (Å²) in [5.41, 5.74) is 9.28. The Bertz CT molecular complexity index is 878. The van der Waals surface area contributed by atoms with Crippen molar-refractivity contribution in [3.63, 3.8) is 0 Å². The van der Waals surface area contributed by atoms with E-state index >= 15 is 0 Å². The summed E-state index contributed by atoms with van der Waals surface area (Å²) in [6.07, 6.45) is 0.986. The van der Waals surface area contributed by atoms with E-state index in [0.29, 0.717) is 5.02 Å². The number of halogens is 2. The van der Waals surface area contributed by atoms with E-state index in [-0.39, 0.29) is 22.2 Å². The summed E-state index contributed by atoms with van der Waals surface area (Å²) in [4.78, 5) is 41.0. The third-order valence-corrected chi connectivity index (χ3v) is 3.50. The van der Waals surface area contributed by atoms with Crippen LogP contribution in [0.3, 0.4) is 0 Å². The summed E-state index contributed by atoms with van der Waals surface area (Å²) in [6.45, 7) is -0.441. The lowest BCUT2D eigenvalue weighted by Gasteiger charge is -2.10. The molecule has 1 aromatic carbocycles. The Kier molecular flexibility index (Phi) is 6.09. The molecule has 13 heteroatoms. The smallest absolute Gasteiger partial charge is 0.354 e. The predicted molar refractivity (Wildman–Crippen MR) is 93.7 cm³/mol. The Labute approximate surface area is 156 Å². The van der Waals surface area contributed by atoms with Crippen LogP contribution in [0.25, 0.3) is 0 Å². The van der Waals surface area contributed by atoms with Crippen LogP contribution in [0.4, 0.5) is 17.3 Å². The van der Waals surface area contributed by atoms with E-state index in [1.54, 1.807) is 0 Å². The first-order chi connectivity index (χ1) is 12.3. The largest absolute Gasteiger partial charge is 0.378 e. The van der Waals surface area contributed by atoms with Crippen molar-refractivity contribution in [3.05, 3.63) is 50.2 Å². The second-order valence-electron chi connectivity index (χ2n) is 4.69. The highest BCUT2D eigenvalue weighted by atomic mass is 35.5. The van der Waals surface area contributed by atoms with E-state index in [0.717, 1.165) is 6.33 Å². The lowest BCUT2D eigenvalue weighted by Crippen LogP contribution is -2.39. The van der Waals surface area contributed by atoms with E-state index in [2.05, 4.69) is 26.1 Å². The van der Waals surface area contributed by atoms with Gasteiger partial charge in [0.15, 0.2) is 0 Å². The number of anilines is 2. The molecule has 136 valence electrons. The minimum absolute atomic E-state index is 0.0964. The van der Waals surface area contributed by atoms with Gasteiger partial charge in [-0.15, -0.1) is 0 Å². The van der Waals surface area contributed by atoms with Crippen molar-refractivity contribution in [1.29, 1.82) is 0 Å². The van der Waals surface area contributed by atoms with Gasteiger partial charge in [0, 0.05) is 5.02 Å². The Morgan fingerprint density at radius 2 is 2.00 bits per heavy atom. The minimum Gasteiger partial charge on any atom is -0.378 e. The van der Waals surface area contributed by atoms with Gasteiger partial charge in [-0.3, -0.25) is 30.6 Å². The molecule has 0 unspecified atom stereocenters. The standard InChI is InChI=1S/C13H11Cl2N7O4/c14-6-1-2-8(15)7(3-6)13(24)17-4-9(23)20-21-12-10(22(25)26)11(16)18-5-19-12/h1-3,5H,4H2,(H,17,24)(H,20,23)(H3,16,18,19,21). The van der Waals surface area contributed by atoms with Gasteiger partial charge in [0.1, 0.15) is 6.33 Å². The summed E-state index contributed by atoms with van der Waals surface area (Å²) in [6, 6.07) is 4.30. The number of benzene rings is 1. The highest BCUT2D eigenvalue weighted by Gasteiger charge is 2.21. The number of nitrogen functional groups attached to an aromatic ring is 1. The maximum atomic E-state index is 12.0. The molecule has 0 atom stereocenters. The van der Waals surface area contributed by atoms with Crippen molar-refractivity contribution in [3.8, 4) is 0 Å². The molecule has 0 spiro atoms. The lowest BCUT2D eigenvalue weighted by atomic mass is 10.2. The molecule has 2 rings (SSSR count). The van der Waals surface area contributed by atoms with E-state index in [1.165, 1.54) is 18.2 Å². The molecule has 0 saturated heterocycles. The first-order valence-electron chi connectivity index (χ1n) is 6.82. The van der Waals surface area contributed by atoms with Crippen molar-refractivity contribution < 1.29 is 14.5 Å². The minimum atomic E-state index is -0.799. The van der Waals surface area contributed by atoms with Gasteiger partial charge in [-0.1, -0.05) is 23.2 Å². The van der Waals surface area contributed by atoms with Gasteiger partial charge in [0.25, 0.3) is 11.8 Å². The molecule has 0 saturated carbocycles. The Morgan fingerprint density at radius 3 is 2.69 bits per heavy atom. The van der Waals surface area contributed by atoms with E-state index < -0.39 is 29.0 Å². The third kappa shape index (κ3) is 4.68. The molecule has 1 aromatic heterocycles. The second-order valence-corrected chi connectivity index (χ2v) is 5.54. The molecule has 26 heavy (non-hydrogen) atoms. The van der Waals surface area contributed by atoms with Crippen LogP contribution in [-0.2, 0) is 4.79 Å². The number of nitro groups is 1. The molecular weight excluding hydrogens is 389 g/mol. The van der Waals surface area contributed by atoms with Gasteiger partial charge < -0.3 is 11.1 Å². The number of carbonyl (C=O) groups is 2. The zero-order valence-electron chi connectivity index (χ0n) is 12.8. The average Bonchev–Trinajstić information content (AvgIpc) is 2.59. The predicted octanol–water partition coefficient (Wildman–Crippen LogP) is 1.15. The summed E-state index contributed by atoms with van der Waals surface area (Å²) in [7, 11) is 0. The summed E-state index contributed by atoms with van der Waals surface area (Å²) in [5, 5.41) is 13.7. The van der Waals surface area contributed by atoms with Crippen LogP contribution < -0.4 is 21.9 Å². The molecule has 0 aliphatic carbocycles. The Balaban J connectivity index is 1.94. The van der Waals surface area contributed by atoms with E-state index in [1.807, 2.05) is 0 Å². The van der Waals surface area contributed by atoms with Crippen molar-refractivity contribution >= 4 is 52.3 Å². The number of carbonyl (C=O) groups excluding carboxylic acids is 2. The van der Waals surface area contributed by atoms with Crippen LogP contribution in [0, 0.1) is 10.1 Å². The molecule has 0 aliphatic rings. The van der Waals surface area contributed by atoms with Gasteiger partial charge in [-0.25, -0.2) is 9.97 Å². The normalized spacial score (nSPS) is 10.1. The first-order valence-corrected chi connectivity index (χ1v) is 7.58. The molecule has 0 fully saturated rings. The van der Waals surface area contributed by atoms with Gasteiger partial charge in [-0.05, 0) is 18.2 Å². The van der Waals surface area contributed by atoms with Crippen LogP contribution in [0.1, 0.15) is 10.4 Å². The maximum absolute atomic E-state index is 12.0. The molecule has 2 amide bonds. The SMILES string of the molecule is Nc1ncnc(NNC(=O)CNC(=O)c2cc(Cl)ccc2Cl)c1[N+](=O)[O-]. The summed E-state index contributed by atoms with van der Waals surface area (Å²) < 4.78 is 0. The van der Waals surface area contributed by atoms with Crippen LogP contribution in [0.15, 0.2) is 24.5 Å². The summed E-state index contributed by atoms with van der Waals surface area (Å²) in [5.74, 6) is -2.00. The van der Waals surface area contributed by atoms with Gasteiger partial charge in [0.2, 0.25) is 11.6 Å². The van der Waals surface area contributed by atoms with Crippen molar-refractivity contribution in [2.45, 2.75) is 0 Å². The van der Waals surface area contributed by atoms with Gasteiger partial charge in [0.05, 0.1) is 22.1 Å². The van der Waals surface area contributed by atoms with Gasteiger partial charge >= 0.3 is 5.69 Å². The lowest BCUT2D eigenvalue weighted by molar-refractivity contribution is -0.383. The van der Waals surface area contributed by atoms with Crippen LogP contribution in [0.2, 0.25) is 10.0 Å². The van der Waals surface area contributed by atoms with Crippen molar-refractivity contribution in [2.24, 2.45) is 0 Å². The number of aromatic nitrogens is 2. The van der Waals surface area contributed by atoms with Crippen LogP contribution in [0.5, 0.6) is 0 Å². The molecule has 0 aliphatic heterocycles. The molecule has 1 heterocycles. The number of nitrogens with zero attached hydrogens (tertiary/aromatic N) is 3. The zero-order chi connectivity index (χ0) is 19.3. The van der Waals surface area contributed by atoms with E-state index in [4.69, 9.17) is 28.9 Å². The van der Waals surface area contributed by atoms with Crippen molar-refractivity contribution in [1.82, 2.24) is 20.7 Å². The molecule has 0 bridgehead atoms. The van der Waals surface area contributed by atoms with Crippen LogP contribution >= 0.6 is 23.2 Å². The maximum Gasteiger partial charge on any atom is 0.354 e. The van der Waals surface area contributed by atoms with Crippen molar-refractivity contribution in [2.75, 3.05) is 17.7 Å². The monoisotopic (exact) mass is 399 g/mol. The first kappa shape index (κ1) is 19.1. The third-order valence-electron chi connectivity index (χ3n) is 2.94. The number of nitrogens with two attached hydrogens (primary N) is 1. The van der Waals surface area contributed by atoms with E-state index in [9.17, 15) is 19.7 Å². The molecular formula is C13H11Cl2N7O4. The Morgan fingerprint density at radius 1 is 1.27 bits per heavy atom. The average molecular weight is 400 g/mol. The zero-order valence-corrected chi connectivity index (χ0v) is 14.3. The number of amides is 2.